The fourth-order valence-electron chi connectivity index (χ4n) is 9.59. The first-order chi connectivity index (χ1) is 33.6. The summed E-state index contributed by atoms with van der Waals surface area (Å²) in [5.74, 6) is -0.238. The summed E-state index contributed by atoms with van der Waals surface area (Å²) >= 11 is 0. The van der Waals surface area contributed by atoms with Crippen LogP contribution >= 0.6 is 0 Å². The van der Waals surface area contributed by atoms with E-state index in [0.717, 1.165) is 44.9 Å². The molecule has 2 rings (SSSR count). The van der Waals surface area contributed by atoms with Crippen molar-refractivity contribution in [1.29, 1.82) is 0 Å². The summed E-state index contributed by atoms with van der Waals surface area (Å²) in [6.07, 6.45) is 30.1. The molecule has 0 aliphatic carbocycles. The fraction of sp³-hybridized carbons (Fsp3) is 0.945. The van der Waals surface area contributed by atoms with Crippen LogP contribution in [0.25, 0.3) is 0 Å². The number of unbranched alkanes of at least 4 members (excludes halogenated alkanes) is 32. The van der Waals surface area contributed by atoms with Gasteiger partial charge in [0.2, 0.25) is 5.91 Å². The molecule has 2 saturated heterocycles. The number of rotatable bonds is 45. The quantitative estimate of drug-likeness (QED) is 0.0206. The number of amides is 1. The molecular formula is C55H105NO13. The van der Waals surface area contributed by atoms with Crippen LogP contribution in [0.5, 0.6) is 0 Å². The summed E-state index contributed by atoms with van der Waals surface area (Å²) in [4.78, 5) is 13.2. The molecule has 1 amide bonds. The minimum absolute atomic E-state index is 0.238. The van der Waals surface area contributed by atoms with Gasteiger partial charge in [0.15, 0.2) is 12.6 Å². The van der Waals surface area contributed by atoms with Gasteiger partial charge in [-0.2, -0.15) is 0 Å². The number of aliphatic hydroxyl groups excluding tert-OH is 8. The van der Waals surface area contributed by atoms with Crippen LogP contribution in [-0.2, 0) is 23.7 Å². The minimum atomic E-state index is -1.78. The van der Waals surface area contributed by atoms with Crippen LogP contribution in [0.2, 0.25) is 0 Å². The lowest BCUT2D eigenvalue weighted by atomic mass is 9.97. The monoisotopic (exact) mass is 988 g/mol. The summed E-state index contributed by atoms with van der Waals surface area (Å²) in [7, 11) is 0. The summed E-state index contributed by atoms with van der Waals surface area (Å²) < 4.78 is 22.7. The van der Waals surface area contributed by atoms with Gasteiger partial charge in [0, 0.05) is 6.42 Å². The molecule has 0 saturated carbocycles. The Morgan fingerprint density at radius 3 is 1.33 bits per heavy atom. The zero-order valence-electron chi connectivity index (χ0n) is 43.6. The highest BCUT2D eigenvalue weighted by Gasteiger charge is 2.51. The van der Waals surface area contributed by atoms with Gasteiger partial charge in [-0.05, 0) is 19.3 Å². The number of hydrogen-bond acceptors (Lipinski definition) is 13. The first-order valence-electron chi connectivity index (χ1n) is 28.4. The smallest absolute Gasteiger partial charge is 0.220 e. The molecule has 2 aliphatic rings. The molecule has 408 valence electrons. The van der Waals surface area contributed by atoms with Crippen molar-refractivity contribution < 1.29 is 64.6 Å². The van der Waals surface area contributed by atoms with Crippen LogP contribution in [0.1, 0.15) is 239 Å². The zero-order chi connectivity index (χ0) is 50.3. The zero-order valence-corrected chi connectivity index (χ0v) is 43.6. The molecular weight excluding hydrogens is 883 g/mol. The highest BCUT2D eigenvalue weighted by atomic mass is 16.7. The number of carbonyl (C=O) groups excluding carboxylic acids is 1. The molecule has 12 unspecified atom stereocenters. The molecule has 2 fully saturated rings. The molecule has 0 spiro atoms. The average molecular weight is 988 g/mol. The second-order valence-electron chi connectivity index (χ2n) is 20.4. The Hall–Kier alpha value is -1.27. The van der Waals surface area contributed by atoms with Gasteiger partial charge in [-0.25, -0.2) is 0 Å². The van der Waals surface area contributed by atoms with Crippen molar-refractivity contribution in [1.82, 2.24) is 5.32 Å². The Kier molecular flexibility index (Phi) is 39.0. The van der Waals surface area contributed by atoms with E-state index in [1.165, 1.54) is 167 Å². The summed E-state index contributed by atoms with van der Waals surface area (Å²) in [5, 5.41) is 86.6. The lowest BCUT2D eigenvalue weighted by Gasteiger charge is -2.46. The van der Waals surface area contributed by atoms with E-state index in [9.17, 15) is 45.6 Å². The lowest BCUT2D eigenvalue weighted by Crippen LogP contribution is -2.65. The number of carbonyl (C=O) groups is 1. The SMILES string of the molecule is CCCCCCCC/C=C/C(O)C(COC1OC(CO)C(OC2OC(CO)C(O)C(O)C2O)C(O)C1O)NC(=O)CCCCCCCCCCCCCCCCCCCCCCCCCCCCC. The van der Waals surface area contributed by atoms with Gasteiger partial charge in [0.25, 0.3) is 0 Å². The van der Waals surface area contributed by atoms with E-state index in [4.69, 9.17) is 18.9 Å². The summed E-state index contributed by atoms with van der Waals surface area (Å²) in [6, 6.07) is -0.907. The van der Waals surface area contributed by atoms with Crippen LogP contribution in [0.4, 0.5) is 0 Å². The number of aliphatic hydroxyl groups is 8. The van der Waals surface area contributed by atoms with Gasteiger partial charge in [0.1, 0.15) is 48.8 Å². The molecule has 0 aromatic heterocycles. The molecule has 14 nitrogen and oxygen atoms in total. The number of hydrogen-bond donors (Lipinski definition) is 9. The third-order valence-corrected chi connectivity index (χ3v) is 14.2. The van der Waals surface area contributed by atoms with Gasteiger partial charge >= 0.3 is 0 Å². The van der Waals surface area contributed by atoms with Crippen LogP contribution in [0, 0.1) is 0 Å². The second-order valence-corrected chi connectivity index (χ2v) is 20.4. The van der Waals surface area contributed by atoms with Crippen molar-refractivity contribution in [2.24, 2.45) is 0 Å². The molecule has 69 heavy (non-hydrogen) atoms. The molecule has 0 bridgehead atoms. The summed E-state index contributed by atoms with van der Waals surface area (Å²) in [5.41, 5.74) is 0. The van der Waals surface area contributed by atoms with E-state index < -0.39 is 86.8 Å². The van der Waals surface area contributed by atoms with E-state index in [0.29, 0.717) is 6.42 Å². The summed E-state index contributed by atoms with van der Waals surface area (Å²) in [6.45, 7) is 2.76. The predicted molar refractivity (Wildman–Crippen MR) is 272 cm³/mol. The van der Waals surface area contributed by atoms with Crippen LogP contribution < -0.4 is 5.32 Å². The van der Waals surface area contributed by atoms with Crippen LogP contribution in [-0.4, -0.2) is 140 Å². The highest BCUT2D eigenvalue weighted by molar-refractivity contribution is 5.76. The Labute approximate surface area is 418 Å². The Morgan fingerprint density at radius 1 is 0.507 bits per heavy atom. The topological polar surface area (TPSA) is 228 Å². The standard InChI is InChI=1S/C55H105NO13/c1-3-5-7-9-11-13-14-15-16-17-18-19-20-21-22-23-24-25-26-27-28-29-30-31-33-35-37-39-47(60)56-43(44(59)38-36-34-32-12-10-8-6-4-2)42-66-54-52(65)50(63)53(46(41-58)68-54)69-55-51(64)49(62)48(61)45(40-57)67-55/h36,38,43-46,48-55,57-59,61-65H,3-35,37,39-42H2,1-2H3,(H,56,60)/b38-36+. The largest absolute Gasteiger partial charge is 0.394 e. The predicted octanol–water partition coefficient (Wildman–Crippen LogP) is 8.72. The van der Waals surface area contributed by atoms with Crippen LogP contribution in [0.15, 0.2) is 12.2 Å². The molecule has 12 atom stereocenters. The molecule has 0 aromatic carbocycles. The van der Waals surface area contributed by atoms with Gasteiger partial charge in [-0.15, -0.1) is 0 Å². The number of nitrogens with one attached hydrogen (secondary N) is 1. The first kappa shape index (κ1) is 63.8. The Morgan fingerprint density at radius 2 is 0.899 bits per heavy atom. The van der Waals surface area contributed by atoms with E-state index in [1.807, 2.05) is 6.08 Å². The van der Waals surface area contributed by atoms with Crippen molar-refractivity contribution >= 4 is 5.91 Å². The van der Waals surface area contributed by atoms with E-state index in [2.05, 4.69) is 19.2 Å². The highest BCUT2D eigenvalue weighted by Crippen LogP contribution is 2.30. The molecule has 2 heterocycles. The van der Waals surface area contributed by atoms with E-state index in [-0.39, 0.29) is 18.9 Å². The van der Waals surface area contributed by atoms with Crippen molar-refractivity contribution in [3.63, 3.8) is 0 Å². The lowest BCUT2D eigenvalue weighted by molar-refractivity contribution is -0.359. The van der Waals surface area contributed by atoms with Crippen molar-refractivity contribution in [2.45, 2.75) is 312 Å². The second kappa shape index (κ2) is 42.1. The molecule has 0 radical (unpaired) electrons. The normalized spacial score (nSPS) is 26.2. The van der Waals surface area contributed by atoms with Gasteiger partial charge < -0.3 is 65.1 Å². The third-order valence-electron chi connectivity index (χ3n) is 14.2. The maximum atomic E-state index is 13.2. The van der Waals surface area contributed by atoms with Gasteiger partial charge in [-0.3, -0.25) is 4.79 Å². The maximum absolute atomic E-state index is 13.2. The van der Waals surface area contributed by atoms with Gasteiger partial charge in [0.05, 0.1) is 32.0 Å². The minimum Gasteiger partial charge on any atom is -0.394 e. The fourth-order valence-corrected chi connectivity index (χ4v) is 9.59. The van der Waals surface area contributed by atoms with Gasteiger partial charge in [-0.1, -0.05) is 225 Å². The van der Waals surface area contributed by atoms with E-state index in [1.54, 1.807) is 6.08 Å². The molecule has 0 aromatic rings. The van der Waals surface area contributed by atoms with Crippen LogP contribution in [0.3, 0.4) is 0 Å². The Balaban J connectivity index is 1.64. The number of allylic oxidation sites excluding steroid dienone is 1. The average Bonchev–Trinajstić information content (AvgIpc) is 3.35. The molecule has 9 N–H and O–H groups in total. The molecule has 2 aliphatic heterocycles. The van der Waals surface area contributed by atoms with Crippen molar-refractivity contribution in [3.8, 4) is 0 Å². The third kappa shape index (κ3) is 28.7. The van der Waals surface area contributed by atoms with Crippen molar-refractivity contribution in [2.75, 3.05) is 19.8 Å². The maximum Gasteiger partial charge on any atom is 0.220 e. The Bertz CT molecular complexity index is 1210. The van der Waals surface area contributed by atoms with E-state index >= 15 is 0 Å². The molecule has 14 heteroatoms. The number of ether oxygens (including phenoxy) is 4. The van der Waals surface area contributed by atoms with Crippen molar-refractivity contribution in [3.05, 3.63) is 12.2 Å². The first-order valence-corrected chi connectivity index (χ1v) is 28.4.